The summed E-state index contributed by atoms with van der Waals surface area (Å²) in [6.07, 6.45) is 5.89. The summed E-state index contributed by atoms with van der Waals surface area (Å²) in [5.74, 6) is 0. The summed E-state index contributed by atoms with van der Waals surface area (Å²) in [5.41, 5.74) is 1.37. The molecule has 2 saturated heterocycles. The van der Waals surface area contributed by atoms with Gasteiger partial charge in [0, 0.05) is 12.7 Å². The molecule has 2 aliphatic rings. The molecule has 0 bridgehead atoms. The molecule has 0 spiro atoms. The van der Waals surface area contributed by atoms with Gasteiger partial charge in [0.1, 0.15) is 0 Å². The molecule has 0 aromatic rings. The fraction of sp³-hybridized carbons (Fsp3) is 1.00. The van der Waals surface area contributed by atoms with Gasteiger partial charge in [-0.25, -0.2) is 0 Å². The minimum Gasteiger partial charge on any atom is -0.420 e. The van der Waals surface area contributed by atoms with Crippen LogP contribution in [0.2, 0.25) is 24.3 Å². The van der Waals surface area contributed by atoms with Crippen molar-refractivity contribution in [3.63, 3.8) is 0 Å². The largest absolute Gasteiger partial charge is 0.420 e. The van der Waals surface area contributed by atoms with Crippen molar-refractivity contribution in [3.8, 4) is 0 Å². The zero-order chi connectivity index (χ0) is 10.7. The first-order valence-corrected chi connectivity index (χ1v) is 11.4. The third-order valence-corrected chi connectivity index (χ3v) is 13.2. The molecule has 0 saturated carbocycles. The Balaban J connectivity index is 1.85. The van der Waals surface area contributed by atoms with E-state index in [4.69, 9.17) is 8.85 Å². The number of hydrogen-bond donors (Lipinski definition) is 0. The number of rotatable bonds is 2. The van der Waals surface area contributed by atoms with Gasteiger partial charge in [0.05, 0.1) is 0 Å². The molecule has 2 heterocycles. The van der Waals surface area contributed by atoms with Crippen LogP contribution in [0.1, 0.15) is 32.6 Å². The second-order valence-corrected chi connectivity index (χ2v) is 12.9. The normalized spacial score (nSPS) is 42.8. The van der Waals surface area contributed by atoms with E-state index >= 15 is 0 Å². The lowest BCUT2D eigenvalue weighted by Gasteiger charge is -2.38. The van der Waals surface area contributed by atoms with Crippen LogP contribution >= 0.6 is 0 Å². The van der Waals surface area contributed by atoms with Crippen LogP contribution in [0.4, 0.5) is 0 Å². The lowest BCUT2D eigenvalue weighted by Crippen LogP contribution is -2.46. The molecule has 15 heavy (non-hydrogen) atoms. The van der Waals surface area contributed by atoms with Crippen LogP contribution < -0.4 is 0 Å². The van der Waals surface area contributed by atoms with Crippen molar-refractivity contribution in [2.75, 3.05) is 6.61 Å². The lowest BCUT2D eigenvalue weighted by molar-refractivity contribution is 0.177. The second-order valence-electron chi connectivity index (χ2n) is 5.46. The summed E-state index contributed by atoms with van der Waals surface area (Å²) in [5, 5.41) is 0. The van der Waals surface area contributed by atoms with Crippen molar-refractivity contribution in [1.29, 1.82) is 0 Å². The van der Waals surface area contributed by atoms with Crippen molar-refractivity contribution >= 4 is 17.4 Å². The average molecular weight is 244 g/mol. The van der Waals surface area contributed by atoms with Gasteiger partial charge in [0.25, 0.3) is 0 Å². The van der Waals surface area contributed by atoms with Gasteiger partial charge in [-0.1, -0.05) is 12.8 Å². The third-order valence-electron chi connectivity index (χ3n) is 3.74. The van der Waals surface area contributed by atoms with Gasteiger partial charge in [-0.2, -0.15) is 0 Å². The first kappa shape index (κ1) is 11.8. The van der Waals surface area contributed by atoms with Gasteiger partial charge in [0.2, 0.25) is 0 Å². The monoisotopic (exact) mass is 244 g/mol. The van der Waals surface area contributed by atoms with E-state index in [1.54, 1.807) is 0 Å². The van der Waals surface area contributed by atoms with Crippen molar-refractivity contribution in [2.45, 2.75) is 63.0 Å². The molecule has 88 valence electrons. The molecule has 0 amide bonds. The molecule has 0 N–H and O–H groups in total. The van der Waals surface area contributed by atoms with Crippen LogP contribution in [-0.2, 0) is 8.85 Å². The minimum atomic E-state index is -1.35. The van der Waals surface area contributed by atoms with Crippen LogP contribution in [0.3, 0.4) is 0 Å². The molecule has 2 nitrogen and oxygen atoms in total. The van der Waals surface area contributed by atoms with Crippen molar-refractivity contribution < 1.29 is 8.85 Å². The van der Waals surface area contributed by atoms with Crippen LogP contribution in [0, 0.1) is 0 Å². The average Bonchev–Trinajstić information content (AvgIpc) is 2.18. The van der Waals surface area contributed by atoms with Crippen molar-refractivity contribution in [2.24, 2.45) is 0 Å². The molecular formula is C11H24O2Si2. The molecule has 3 atom stereocenters. The quantitative estimate of drug-likeness (QED) is 0.696. The van der Waals surface area contributed by atoms with Crippen LogP contribution in [0.15, 0.2) is 0 Å². The Bertz CT molecular complexity index is 207. The van der Waals surface area contributed by atoms with Gasteiger partial charge in [0.15, 0.2) is 17.4 Å². The smallest absolute Gasteiger partial charge is 0.189 e. The third kappa shape index (κ3) is 3.41. The topological polar surface area (TPSA) is 18.5 Å². The molecule has 0 radical (unpaired) electrons. The second kappa shape index (κ2) is 5.12. The van der Waals surface area contributed by atoms with E-state index in [9.17, 15) is 0 Å². The van der Waals surface area contributed by atoms with Gasteiger partial charge < -0.3 is 8.85 Å². The molecule has 0 aromatic carbocycles. The van der Waals surface area contributed by atoms with E-state index in [2.05, 4.69) is 13.5 Å². The Morgan fingerprint density at radius 3 is 2.87 bits per heavy atom. The predicted molar refractivity (Wildman–Crippen MR) is 68.2 cm³/mol. The van der Waals surface area contributed by atoms with Gasteiger partial charge in [-0.05, 0) is 44.1 Å². The highest BCUT2D eigenvalue weighted by Crippen LogP contribution is 2.31. The highest BCUT2D eigenvalue weighted by atomic mass is 28.4. The Morgan fingerprint density at radius 1 is 1.33 bits per heavy atom. The SMILES string of the molecule is CC1CCC[Si](C)(C[SiH]2CCCCO2)O1. The molecule has 2 aliphatic heterocycles. The van der Waals surface area contributed by atoms with E-state index < -0.39 is 17.4 Å². The Hall–Kier alpha value is 0.354. The first-order valence-electron chi connectivity index (χ1n) is 6.47. The highest BCUT2D eigenvalue weighted by Gasteiger charge is 2.37. The van der Waals surface area contributed by atoms with Crippen LogP contribution in [-0.4, -0.2) is 30.1 Å². The standard InChI is InChI=1S/C11H24O2Si2/c1-11-6-5-9-15(2,13-11)10-14-8-4-3-7-12-14/h11,14H,3-10H2,1-2H3. The molecule has 0 aliphatic carbocycles. The maximum absolute atomic E-state index is 6.27. The molecule has 2 fully saturated rings. The predicted octanol–water partition coefficient (Wildman–Crippen LogP) is 2.83. The molecule has 0 aromatic heterocycles. The summed E-state index contributed by atoms with van der Waals surface area (Å²) in [6, 6.07) is 2.78. The number of hydrogen-bond acceptors (Lipinski definition) is 2. The van der Waals surface area contributed by atoms with Gasteiger partial charge in [-0.3, -0.25) is 0 Å². The highest BCUT2D eigenvalue weighted by molar-refractivity contribution is 6.83. The minimum absolute atomic E-state index is 0.521. The summed E-state index contributed by atoms with van der Waals surface area (Å²) in [4.78, 5) is 0. The molecule has 2 rings (SSSR count). The molecule has 4 heteroatoms. The molecular weight excluding hydrogens is 220 g/mol. The van der Waals surface area contributed by atoms with Gasteiger partial charge >= 0.3 is 0 Å². The van der Waals surface area contributed by atoms with Crippen molar-refractivity contribution in [3.05, 3.63) is 0 Å². The van der Waals surface area contributed by atoms with E-state index in [1.807, 2.05) is 0 Å². The summed E-state index contributed by atoms with van der Waals surface area (Å²) < 4.78 is 12.2. The van der Waals surface area contributed by atoms with E-state index in [1.165, 1.54) is 43.4 Å². The maximum Gasteiger partial charge on any atom is 0.189 e. The van der Waals surface area contributed by atoms with Crippen LogP contribution in [0.5, 0.6) is 0 Å². The zero-order valence-electron chi connectivity index (χ0n) is 10.1. The first-order chi connectivity index (χ1) is 7.18. The molecule has 3 unspecified atom stereocenters. The van der Waals surface area contributed by atoms with Crippen molar-refractivity contribution in [1.82, 2.24) is 0 Å². The maximum atomic E-state index is 6.27. The van der Waals surface area contributed by atoms with Crippen LogP contribution in [0.25, 0.3) is 0 Å². The van der Waals surface area contributed by atoms with Gasteiger partial charge in [-0.15, -0.1) is 0 Å². The Labute approximate surface area is 96.2 Å². The fourth-order valence-electron chi connectivity index (χ4n) is 2.97. The van der Waals surface area contributed by atoms with E-state index in [0.29, 0.717) is 6.10 Å². The Morgan fingerprint density at radius 2 is 2.20 bits per heavy atom. The summed E-state index contributed by atoms with van der Waals surface area (Å²) >= 11 is 0. The summed E-state index contributed by atoms with van der Waals surface area (Å²) in [6.45, 7) is 5.72. The van der Waals surface area contributed by atoms with E-state index in [0.717, 1.165) is 6.61 Å². The fourth-order valence-corrected chi connectivity index (χ4v) is 12.9. The van der Waals surface area contributed by atoms with E-state index in [-0.39, 0.29) is 0 Å². The zero-order valence-corrected chi connectivity index (χ0v) is 12.3. The Kier molecular flexibility index (Phi) is 4.04. The summed E-state index contributed by atoms with van der Waals surface area (Å²) in [7, 11) is -2.21. The lowest BCUT2D eigenvalue weighted by atomic mass is 10.2.